The van der Waals surface area contributed by atoms with E-state index in [1.165, 1.54) is 0 Å². The molecule has 0 radical (unpaired) electrons. The Morgan fingerprint density at radius 2 is 2.00 bits per heavy atom. The molecule has 102 valence electrons. The Morgan fingerprint density at radius 1 is 1.39 bits per heavy atom. The molecule has 2 atom stereocenters. The largest absolute Gasteiger partial charge is 0.598 e. The fourth-order valence-corrected chi connectivity index (χ4v) is 2.59. The lowest BCUT2D eigenvalue weighted by atomic mass is 10.1. The van der Waals surface area contributed by atoms with Crippen molar-refractivity contribution < 1.29 is 9.29 Å². The van der Waals surface area contributed by atoms with E-state index in [9.17, 15) is 4.55 Å². The highest BCUT2D eigenvalue weighted by atomic mass is 79.9. The lowest BCUT2D eigenvalue weighted by Crippen LogP contribution is -2.40. The zero-order chi connectivity index (χ0) is 13.9. The number of nitrogens with one attached hydrogen (secondary N) is 1. The van der Waals surface area contributed by atoms with Crippen molar-refractivity contribution in [1.29, 1.82) is 0 Å². The van der Waals surface area contributed by atoms with Gasteiger partial charge in [0.25, 0.3) is 0 Å². The second-order valence-electron chi connectivity index (χ2n) is 5.11. The summed E-state index contributed by atoms with van der Waals surface area (Å²) < 4.78 is 21.2. The Morgan fingerprint density at radius 3 is 2.50 bits per heavy atom. The van der Waals surface area contributed by atoms with Gasteiger partial charge in [0, 0.05) is 21.4 Å². The SMILES string of the molecule is COc1cc(Br)ccc1C(C)N[S@@+]([O-])C(C)(C)C. The average Bonchev–Trinajstić information content (AvgIpc) is 2.27. The zero-order valence-electron chi connectivity index (χ0n) is 11.4. The Labute approximate surface area is 121 Å². The van der Waals surface area contributed by atoms with Crippen molar-refractivity contribution >= 4 is 27.3 Å². The lowest BCUT2D eigenvalue weighted by Gasteiger charge is -2.27. The molecule has 0 fully saturated rings. The maximum Gasteiger partial charge on any atom is 0.136 e. The Bertz CT molecular complexity index is 406. The van der Waals surface area contributed by atoms with Gasteiger partial charge in [-0.05, 0) is 39.8 Å². The number of halogens is 1. The first-order chi connectivity index (χ1) is 8.25. The van der Waals surface area contributed by atoms with E-state index in [1.807, 2.05) is 45.9 Å². The molecule has 1 aromatic carbocycles. The van der Waals surface area contributed by atoms with Crippen LogP contribution in [-0.4, -0.2) is 16.4 Å². The molecular formula is C13H20BrNO2S. The van der Waals surface area contributed by atoms with Gasteiger partial charge in [-0.1, -0.05) is 22.0 Å². The number of benzene rings is 1. The van der Waals surface area contributed by atoms with Crippen molar-refractivity contribution in [3.63, 3.8) is 0 Å². The summed E-state index contributed by atoms with van der Waals surface area (Å²) in [6.45, 7) is 7.82. The van der Waals surface area contributed by atoms with E-state index in [0.29, 0.717) is 0 Å². The Balaban J connectivity index is 2.87. The minimum atomic E-state index is -1.10. The third-order valence-electron chi connectivity index (χ3n) is 2.50. The fraction of sp³-hybridized carbons (Fsp3) is 0.538. The van der Waals surface area contributed by atoms with E-state index in [2.05, 4.69) is 20.7 Å². The molecule has 0 saturated heterocycles. The maximum atomic E-state index is 12.1. The maximum absolute atomic E-state index is 12.1. The number of methoxy groups -OCH3 is 1. The van der Waals surface area contributed by atoms with Crippen LogP contribution in [0.25, 0.3) is 0 Å². The number of ether oxygens (including phenoxy) is 1. The van der Waals surface area contributed by atoms with Crippen LogP contribution < -0.4 is 9.46 Å². The summed E-state index contributed by atoms with van der Waals surface area (Å²) in [6, 6.07) is 5.80. The lowest BCUT2D eigenvalue weighted by molar-refractivity contribution is 0.404. The molecule has 0 saturated carbocycles. The van der Waals surface area contributed by atoms with Crippen LogP contribution in [0, 0.1) is 0 Å². The highest BCUT2D eigenvalue weighted by molar-refractivity contribution is 9.10. The second-order valence-corrected chi connectivity index (χ2v) is 8.02. The molecular weight excluding hydrogens is 314 g/mol. The van der Waals surface area contributed by atoms with Gasteiger partial charge in [0.2, 0.25) is 0 Å². The van der Waals surface area contributed by atoms with Gasteiger partial charge in [-0.2, -0.15) is 0 Å². The highest BCUT2D eigenvalue weighted by Gasteiger charge is 2.29. The monoisotopic (exact) mass is 333 g/mol. The van der Waals surface area contributed by atoms with Gasteiger partial charge in [0.15, 0.2) is 0 Å². The third kappa shape index (κ3) is 4.16. The molecule has 0 bridgehead atoms. The third-order valence-corrected chi connectivity index (χ3v) is 4.68. The molecule has 5 heteroatoms. The molecule has 18 heavy (non-hydrogen) atoms. The average molecular weight is 334 g/mol. The number of rotatable bonds is 4. The van der Waals surface area contributed by atoms with Crippen LogP contribution in [0.2, 0.25) is 0 Å². The summed E-state index contributed by atoms with van der Waals surface area (Å²) in [5.74, 6) is 0.787. The fourth-order valence-electron chi connectivity index (χ4n) is 1.44. The minimum absolute atomic E-state index is 0.0342. The minimum Gasteiger partial charge on any atom is -0.598 e. The standard InChI is InChI=1S/C13H20BrNO2S/c1-9(15-18(16)13(2,3)4)11-7-6-10(14)8-12(11)17-5/h6-9,15H,1-5H3/t9?,18-/m0/s1. The highest BCUT2D eigenvalue weighted by Crippen LogP contribution is 2.29. The van der Waals surface area contributed by atoms with Gasteiger partial charge < -0.3 is 9.29 Å². The van der Waals surface area contributed by atoms with Gasteiger partial charge in [-0.25, -0.2) is 0 Å². The van der Waals surface area contributed by atoms with Gasteiger partial charge in [-0.3, -0.25) is 0 Å². The number of hydrogen-bond donors (Lipinski definition) is 1. The van der Waals surface area contributed by atoms with Crippen molar-refractivity contribution in [1.82, 2.24) is 4.72 Å². The molecule has 0 heterocycles. The van der Waals surface area contributed by atoms with Gasteiger partial charge in [-0.15, -0.1) is 4.72 Å². The Kier molecular flexibility index (Phi) is 5.52. The molecule has 1 N–H and O–H groups in total. The van der Waals surface area contributed by atoms with E-state index < -0.39 is 11.4 Å². The molecule has 1 unspecified atom stereocenters. The van der Waals surface area contributed by atoms with E-state index in [1.54, 1.807) is 7.11 Å². The summed E-state index contributed by atoms with van der Waals surface area (Å²) >= 11 is 2.31. The zero-order valence-corrected chi connectivity index (χ0v) is 13.8. The first kappa shape index (κ1) is 15.8. The van der Waals surface area contributed by atoms with Gasteiger partial charge >= 0.3 is 0 Å². The van der Waals surface area contributed by atoms with Crippen LogP contribution in [0.4, 0.5) is 0 Å². The van der Waals surface area contributed by atoms with Crippen LogP contribution in [0.1, 0.15) is 39.3 Å². The van der Waals surface area contributed by atoms with Gasteiger partial charge in [0.1, 0.15) is 10.5 Å². The molecule has 3 nitrogen and oxygen atoms in total. The molecule has 0 aliphatic carbocycles. The predicted octanol–water partition coefficient (Wildman–Crippen LogP) is 3.57. The van der Waals surface area contributed by atoms with Crippen LogP contribution in [0.5, 0.6) is 5.75 Å². The Hall–Kier alpha value is -0.230. The summed E-state index contributed by atoms with van der Waals surface area (Å²) in [6.07, 6.45) is 0. The van der Waals surface area contributed by atoms with Crippen LogP contribution in [-0.2, 0) is 11.4 Å². The van der Waals surface area contributed by atoms with Crippen molar-refractivity contribution in [3.8, 4) is 5.75 Å². The van der Waals surface area contributed by atoms with Crippen molar-refractivity contribution in [3.05, 3.63) is 28.2 Å². The summed E-state index contributed by atoms with van der Waals surface area (Å²) in [5.41, 5.74) is 0.998. The van der Waals surface area contributed by atoms with Crippen molar-refractivity contribution in [2.24, 2.45) is 0 Å². The molecule has 1 rings (SSSR count). The van der Waals surface area contributed by atoms with Gasteiger partial charge in [0.05, 0.1) is 13.2 Å². The molecule has 0 aliphatic rings. The molecule has 0 spiro atoms. The molecule has 0 aromatic heterocycles. The molecule has 1 aromatic rings. The van der Waals surface area contributed by atoms with E-state index in [0.717, 1.165) is 15.8 Å². The normalized spacial score (nSPS) is 15.3. The smallest absolute Gasteiger partial charge is 0.136 e. The van der Waals surface area contributed by atoms with E-state index in [-0.39, 0.29) is 10.8 Å². The van der Waals surface area contributed by atoms with Crippen molar-refractivity contribution in [2.45, 2.75) is 38.5 Å². The quantitative estimate of drug-likeness (QED) is 0.856. The van der Waals surface area contributed by atoms with E-state index in [4.69, 9.17) is 4.74 Å². The first-order valence-electron chi connectivity index (χ1n) is 5.77. The topological polar surface area (TPSA) is 44.3 Å². The predicted molar refractivity (Wildman–Crippen MR) is 80.1 cm³/mol. The second kappa shape index (κ2) is 6.28. The van der Waals surface area contributed by atoms with E-state index >= 15 is 0 Å². The number of hydrogen-bond acceptors (Lipinski definition) is 3. The van der Waals surface area contributed by atoms with Crippen molar-refractivity contribution in [2.75, 3.05) is 7.11 Å². The van der Waals surface area contributed by atoms with Crippen LogP contribution in [0.3, 0.4) is 0 Å². The van der Waals surface area contributed by atoms with Crippen LogP contribution >= 0.6 is 15.9 Å². The molecule has 0 amide bonds. The van der Waals surface area contributed by atoms with Crippen LogP contribution in [0.15, 0.2) is 22.7 Å². The summed E-state index contributed by atoms with van der Waals surface area (Å²) in [7, 11) is 1.64. The molecule has 0 aliphatic heterocycles. The first-order valence-corrected chi connectivity index (χ1v) is 7.71. The summed E-state index contributed by atoms with van der Waals surface area (Å²) in [5, 5.41) is 0. The summed E-state index contributed by atoms with van der Waals surface area (Å²) in [4.78, 5) is 0.